The number of ether oxygens (including phenoxy) is 1. The van der Waals surface area contributed by atoms with Gasteiger partial charge in [-0.3, -0.25) is 0 Å². The average molecular weight is 250 g/mol. The van der Waals surface area contributed by atoms with Gasteiger partial charge in [0.2, 0.25) is 0 Å². The van der Waals surface area contributed by atoms with Crippen molar-refractivity contribution >= 4 is 0 Å². The fourth-order valence-electron chi connectivity index (χ4n) is 1.87. The number of rotatable bonds is 2. The minimum atomic E-state index is -4.83. The number of halogens is 4. The summed E-state index contributed by atoms with van der Waals surface area (Å²) in [6, 6.07) is 3.01. The number of hydrogen-bond acceptors (Lipinski definition) is 2. The number of aliphatic hydroxyl groups is 1. The van der Waals surface area contributed by atoms with Crippen LogP contribution in [0.1, 0.15) is 24.3 Å². The predicted molar refractivity (Wildman–Crippen MR) is 51.1 cm³/mol. The van der Waals surface area contributed by atoms with Gasteiger partial charge >= 0.3 is 6.36 Å². The first-order chi connectivity index (χ1) is 7.83. The lowest BCUT2D eigenvalue weighted by molar-refractivity contribution is -0.274. The maximum atomic E-state index is 13.1. The van der Waals surface area contributed by atoms with E-state index in [1.807, 2.05) is 0 Å². The summed E-state index contributed by atoms with van der Waals surface area (Å²) in [5.41, 5.74) is 0.426. The van der Waals surface area contributed by atoms with Crippen LogP contribution in [0.2, 0.25) is 0 Å². The largest absolute Gasteiger partial charge is 0.573 e. The molecule has 0 atom stereocenters. The predicted octanol–water partition coefficient (Wildman–Crippen LogP) is 2.96. The molecule has 0 amide bonds. The smallest absolute Gasteiger partial charge is 0.406 e. The van der Waals surface area contributed by atoms with E-state index in [0.29, 0.717) is 24.5 Å². The second kappa shape index (κ2) is 4.18. The van der Waals surface area contributed by atoms with E-state index in [4.69, 9.17) is 5.11 Å². The van der Waals surface area contributed by atoms with Gasteiger partial charge in [-0.15, -0.1) is 13.2 Å². The van der Waals surface area contributed by atoms with E-state index < -0.39 is 24.0 Å². The van der Waals surface area contributed by atoms with Gasteiger partial charge in [-0.25, -0.2) is 4.39 Å². The van der Waals surface area contributed by atoms with Gasteiger partial charge < -0.3 is 9.84 Å². The van der Waals surface area contributed by atoms with Crippen molar-refractivity contribution in [3.63, 3.8) is 0 Å². The summed E-state index contributed by atoms with van der Waals surface area (Å²) >= 11 is 0. The Morgan fingerprint density at radius 2 is 1.82 bits per heavy atom. The Labute approximate surface area is 94.8 Å². The van der Waals surface area contributed by atoms with Crippen LogP contribution in [0.4, 0.5) is 17.6 Å². The van der Waals surface area contributed by atoms with Crippen LogP contribution in [0.15, 0.2) is 18.2 Å². The summed E-state index contributed by atoms with van der Waals surface area (Å²) in [4.78, 5) is 0. The first kappa shape index (κ1) is 12.2. The van der Waals surface area contributed by atoms with Gasteiger partial charge in [-0.2, -0.15) is 0 Å². The monoisotopic (exact) mass is 250 g/mol. The molecule has 0 heterocycles. The fourth-order valence-corrected chi connectivity index (χ4v) is 1.87. The third-order valence-electron chi connectivity index (χ3n) is 2.71. The lowest BCUT2D eigenvalue weighted by Crippen LogP contribution is -2.26. The first-order valence-electron chi connectivity index (χ1n) is 5.08. The third-order valence-corrected chi connectivity index (χ3v) is 2.71. The Kier molecular flexibility index (Phi) is 2.99. The molecule has 1 fully saturated rings. The third kappa shape index (κ3) is 3.09. The summed E-state index contributed by atoms with van der Waals surface area (Å²) in [5, 5.41) is 9.10. The molecule has 1 aromatic rings. The second-order valence-electron chi connectivity index (χ2n) is 4.09. The van der Waals surface area contributed by atoms with Gasteiger partial charge in [0.25, 0.3) is 0 Å². The Bertz CT molecular complexity index is 410. The Balaban J connectivity index is 2.18. The van der Waals surface area contributed by atoms with Crippen LogP contribution >= 0.6 is 0 Å². The van der Waals surface area contributed by atoms with Crippen molar-refractivity contribution in [3.05, 3.63) is 29.6 Å². The lowest BCUT2D eigenvalue weighted by atomic mass is 9.77. The topological polar surface area (TPSA) is 29.5 Å². The zero-order chi connectivity index (χ0) is 12.6. The van der Waals surface area contributed by atoms with Gasteiger partial charge in [-0.05, 0) is 36.5 Å². The number of hydrogen-bond donors (Lipinski definition) is 1. The molecule has 0 spiro atoms. The van der Waals surface area contributed by atoms with Crippen molar-refractivity contribution in [2.75, 3.05) is 0 Å². The minimum Gasteiger partial charge on any atom is -0.406 e. The van der Waals surface area contributed by atoms with Gasteiger partial charge in [0, 0.05) is 6.07 Å². The van der Waals surface area contributed by atoms with Crippen LogP contribution < -0.4 is 4.74 Å². The summed E-state index contributed by atoms with van der Waals surface area (Å²) in [5.74, 6) is -1.44. The van der Waals surface area contributed by atoms with Crippen molar-refractivity contribution < 1.29 is 27.4 Å². The molecule has 0 bridgehead atoms. The zero-order valence-corrected chi connectivity index (χ0v) is 8.67. The second-order valence-corrected chi connectivity index (χ2v) is 4.09. The molecule has 0 radical (unpaired) electrons. The molecule has 1 aromatic carbocycles. The molecule has 0 saturated heterocycles. The van der Waals surface area contributed by atoms with E-state index in [0.717, 1.165) is 6.07 Å². The molecule has 2 rings (SSSR count). The molecule has 0 aromatic heterocycles. The molecule has 1 saturated carbocycles. The highest BCUT2D eigenvalue weighted by atomic mass is 19.4. The van der Waals surface area contributed by atoms with Crippen molar-refractivity contribution in [1.82, 2.24) is 0 Å². The number of aliphatic hydroxyl groups excluding tert-OH is 1. The summed E-state index contributed by atoms with van der Waals surface area (Å²) in [6.45, 7) is 0. The van der Waals surface area contributed by atoms with Gasteiger partial charge in [0.15, 0.2) is 0 Å². The van der Waals surface area contributed by atoms with Crippen molar-refractivity contribution in [2.45, 2.75) is 31.2 Å². The van der Waals surface area contributed by atoms with Crippen molar-refractivity contribution in [2.24, 2.45) is 0 Å². The van der Waals surface area contributed by atoms with Gasteiger partial charge in [0.05, 0.1) is 6.10 Å². The van der Waals surface area contributed by atoms with Crippen LogP contribution in [0.25, 0.3) is 0 Å². The highest BCUT2D eigenvalue weighted by molar-refractivity contribution is 5.33. The Hall–Kier alpha value is -1.30. The molecule has 0 unspecified atom stereocenters. The molecule has 1 aliphatic rings. The quantitative estimate of drug-likeness (QED) is 0.818. The maximum absolute atomic E-state index is 13.1. The highest BCUT2D eigenvalue weighted by Crippen LogP contribution is 2.38. The lowest BCUT2D eigenvalue weighted by Gasteiger charge is -2.31. The van der Waals surface area contributed by atoms with Gasteiger partial charge in [-0.1, -0.05) is 0 Å². The highest BCUT2D eigenvalue weighted by Gasteiger charge is 2.33. The Morgan fingerprint density at radius 1 is 1.18 bits per heavy atom. The fraction of sp³-hybridized carbons (Fsp3) is 0.455. The van der Waals surface area contributed by atoms with E-state index in [9.17, 15) is 17.6 Å². The molecule has 94 valence electrons. The van der Waals surface area contributed by atoms with E-state index in [2.05, 4.69) is 4.74 Å². The van der Waals surface area contributed by atoms with E-state index >= 15 is 0 Å². The number of benzene rings is 1. The molecule has 2 nitrogen and oxygen atoms in total. The number of alkyl halides is 3. The molecular formula is C11H10F4O2. The molecule has 0 aliphatic heterocycles. The summed E-state index contributed by atoms with van der Waals surface area (Å²) in [6.07, 6.45) is -4.40. The molecule has 1 aliphatic carbocycles. The van der Waals surface area contributed by atoms with Crippen LogP contribution in [0.5, 0.6) is 5.75 Å². The van der Waals surface area contributed by atoms with Crippen LogP contribution in [0.3, 0.4) is 0 Å². The summed E-state index contributed by atoms with van der Waals surface area (Å²) < 4.78 is 52.7. The normalized spacial score (nSPS) is 24.3. The maximum Gasteiger partial charge on any atom is 0.573 e. The zero-order valence-electron chi connectivity index (χ0n) is 8.67. The standard InChI is InChI=1S/C11H10F4O2/c12-8-1-6(7-2-9(16)3-7)4-10(5-8)17-11(13,14)15/h1,4-5,7,9,16H,2-3H2. The van der Waals surface area contributed by atoms with Gasteiger partial charge in [0.1, 0.15) is 11.6 Å². The average Bonchev–Trinajstić information content (AvgIpc) is 2.08. The summed E-state index contributed by atoms with van der Waals surface area (Å²) in [7, 11) is 0. The van der Waals surface area contributed by atoms with Crippen molar-refractivity contribution in [1.29, 1.82) is 0 Å². The first-order valence-corrected chi connectivity index (χ1v) is 5.08. The van der Waals surface area contributed by atoms with Crippen LogP contribution in [-0.4, -0.2) is 17.6 Å². The SMILES string of the molecule is OC1CC(c2cc(F)cc(OC(F)(F)F)c2)C1. The minimum absolute atomic E-state index is 0.101. The van der Waals surface area contributed by atoms with E-state index in [1.54, 1.807) is 0 Å². The van der Waals surface area contributed by atoms with Crippen LogP contribution in [-0.2, 0) is 0 Å². The van der Waals surface area contributed by atoms with E-state index in [-0.39, 0.29) is 5.92 Å². The molecule has 6 heteroatoms. The molecule has 17 heavy (non-hydrogen) atoms. The molecule has 1 N–H and O–H groups in total. The van der Waals surface area contributed by atoms with E-state index in [1.165, 1.54) is 6.07 Å². The molecular weight excluding hydrogens is 240 g/mol. The van der Waals surface area contributed by atoms with Crippen molar-refractivity contribution in [3.8, 4) is 5.75 Å². The van der Waals surface area contributed by atoms with Crippen LogP contribution in [0, 0.1) is 5.82 Å². The Morgan fingerprint density at radius 3 is 2.35 bits per heavy atom.